The molecule has 4 N–H and O–H groups in total. The van der Waals surface area contributed by atoms with Crippen molar-refractivity contribution in [2.24, 2.45) is 9.98 Å². The first-order valence-corrected chi connectivity index (χ1v) is 22.6. The fourth-order valence-corrected chi connectivity index (χ4v) is 11.2. The van der Waals surface area contributed by atoms with Gasteiger partial charge in [-0.3, -0.25) is 28.0 Å². The summed E-state index contributed by atoms with van der Waals surface area (Å²) >= 11 is 12.3. The molecule has 0 saturated carbocycles. The van der Waals surface area contributed by atoms with Crippen LogP contribution in [0.5, 0.6) is 0 Å². The Hall–Kier alpha value is 1.65. The van der Waals surface area contributed by atoms with E-state index in [1.807, 2.05) is 0 Å². The van der Waals surface area contributed by atoms with Crippen LogP contribution < -0.4 is 10.6 Å². The fourth-order valence-electron chi connectivity index (χ4n) is 1.46. The first-order chi connectivity index (χ1) is 18.0. The smallest absolute Gasteiger partial charge is 0.280 e. The van der Waals surface area contributed by atoms with E-state index < -0.39 is 21.6 Å². The minimum atomic E-state index is -1.23. The van der Waals surface area contributed by atoms with E-state index in [0.29, 0.717) is 48.9 Å². The van der Waals surface area contributed by atoms with Gasteiger partial charge in [-0.25, -0.2) is 0 Å². The number of nitrogens with zero attached hydrogens (tertiary/aromatic N) is 2. The van der Waals surface area contributed by atoms with Crippen molar-refractivity contribution in [1.82, 2.24) is 10.6 Å². The minimum Gasteiger partial charge on any atom is -0.386 e. The molecule has 0 aromatic rings. The molecule has 0 heterocycles. The van der Waals surface area contributed by atoms with Crippen LogP contribution in [0.3, 0.4) is 0 Å². The van der Waals surface area contributed by atoms with Gasteiger partial charge in [0.25, 0.3) is 10.5 Å². The van der Waals surface area contributed by atoms with Crippen molar-refractivity contribution in [3.05, 3.63) is 0 Å². The lowest BCUT2D eigenvalue weighted by molar-refractivity contribution is 0.261. The van der Waals surface area contributed by atoms with Gasteiger partial charge in [-0.05, 0) is 0 Å². The van der Waals surface area contributed by atoms with Crippen LogP contribution in [-0.4, -0.2) is 106 Å². The van der Waals surface area contributed by atoms with Gasteiger partial charge in [-0.1, -0.05) is 23.5 Å². The molecule has 2 unspecified atom stereocenters. The third-order valence-electron chi connectivity index (χ3n) is 2.81. The van der Waals surface area contributed by atoms with E-state index in [2.05, 4.69) is 20.6 Å². The summed E-state index contributed by atoms with van der Waals surface area (Å²) in [5.74, 6) is 1.73. The van der Waals surface area contributed by atoms with Gasteiger partial charge in [0.2, 0.25) is 0 Å². The monoisotopic (exact) mass is 726 g/mol. The van der Waals surface area contributed by atoms with Crippen molar-refractivity contribution in [3.63, 3.8) is 0 Å². The Kier molecular flexibility index (Phi) is 32.0. The second-order valence-corrected chi connectivity index (χ2v) is 18.9. The Labute approximate surface area is 261 Å². The third-order valence-corrected chi connectivity index (χ3v) is 14.3. The van der Waals surface area contributed by atoms with Crippen molar-refractivity contribution in [2.45, 2.75) is 0 Å². The molecule has 0 radical (unpaired) electrons. The van der Waals surface area contributed by atoms with E-state index in [1.54, 1.807) is 11.8 Å². The lowest BCUT2D eigenvalue weighted by Crippen LogP contribution is -2.18. The number of thioether (sulfide) groups is 9. The predicted octanol–water partition coefficient (Wildman–Crippen LogP) is 4.03. The molecule has 0 aromatic heterocycles. The number of aliphatic imine (C=N–C) groups is 2. The maximum absolute atomic E-state index is 11.9. The number of amides is 2. The predicted molar refractivity (Wildman–Crippen MR) is 181 cm³/mol. The maximum Gasteiger partial charge on any atom is 0.280 e. The zero-order chi connectivity index (χ0) is 27.4. The van der Waals surface area contributed by atoms with Crippen LogP contribution in [0.1, 0.15) is 0 Å². The molecule has 0 aliphatic heterocycles. The summed E-state index contributed by atoms with van der Waals surface area (Å²) < 4.78 is 23.6. The summed E-state index contributed by atoms with van der Waals surface area (Å²) in [4.78, 5) is 31.5. The lowest BCUT2D eigenvalue weighted by atomic mass is 11.2. The van der Waals surface area contributed by atoms with Gasteiger partial charge >= 0.3 is 0 Å². The highest BCUT2D eigenvalue weighted by Crippen LogP contribution is 2.18. The van der Waals surface area contributed by atoms with E-state index in [4.69, 9.17) is 10.2 Å². The molecule has 0 rings (SSSR count). The van der Waals surface area contributed by atoms with E-state index in [-0.39, 0.29) is 22.4 Å². The topological polar surface area (TPSA) is 158 Å². The van der Waals surface area contributed by atoms with Crippen LogP contribution in [0.15, 0.2) is 9.98 Å². The Morgan fingerprint density at radius 3 is 1.57 bits per heavy atom. The standard InChI is InChI=1S/C16H30N4O6S11/c21-7-29-9-31-11-34-15(23)19-3-27-2-18-6-37(26)14-33-12-35-16(24)20-4-28-1-17-5-36(25)13-32-10-30-8-22/h5-6,21-22H,1-4,7-14H2,(H,19,23)(H,20,24)/b17-5-,18-6-. The molecule has 0 saturated heterocycles. The average molecular weight is 727 g/mol. The highest BCUT2D eigenvalue weighted by atomic mass is 32.3. The van der Waals surface area contributed by atoms with Crippen molar-refractivity contribution in [1.29, 1.82) is 0 Å². The molecular formula is C16H30N4O6S11. The van der Waals surface area contributed by atoms with E-state index in [9.17, 15) is 18.0 Å². The van der Waals surface area contributed by atoms with Gasteiger partial charge in [0.15, 0.2) is 0 Å². The van der Waals surface area contributed by atoms with E-state index in [1.165, 1.54) is 93.4 Å². The Balaban J connectivity index is 3.58. The number of carbonyl (C=O) groups is 2. The van der Waals surface area contributed by atoms with E-state index in [0.717, 1.165) is 16.8 Å². The molecule has 21 heteroatoms. The summed E-state index contributed by atoms with van der Waals surface area (Å²) in [7, 11) is -2.38. The van der Waals surface area contributed by atoms with Gasteiger partial charge in [0.05, 0.1) is 78.2 Å². The van der Waals surface area contributed by atoms with Crippen molar-refractivity contribution < 1.29 is 28.2 Å². The van der Waals surface area contributed by atoms with Gasteiger partial charge in [-0.15, -0.1) is 82.3 Å². The molecule has 2 atom stereocenters. The second-order valence-electron chi connectivity index (χ2n) is 5.50. The van der Waals surface area contributed by atoms with Crippen LogP contribution in [-0.2, 0) is 21.6 Å². The molecular weight excluding hydrogens is 697 g/mol. The minimum absolute atomic E-state index is 0.0543. The first kappa shape index (κ1) is 38.6. The second kappa shape index (κ2) is 30.6. The quantitative estimate of drug-likeness (QED) is 0.0489. The number of carbonyl (C=O) groups excluding carboxylic acids is 2. The van der Waals surface area contributed by atoms with Gasteiger partial charge in [0.1, 0.15) is 0 Å². The Bertz CT molecular complexity index is 708. The largest absolute Gasteiger partial charge is 0.386 e. The van der Waals surface area contributed by atoms with Crippen molar-refractivity contribution >= 4 is 149 Å². The number of nitrogens with one attached hydrogen (secondary N) is 2. The fraction of sp³-hybridized carbons (Fsp3) is 0.750. The molecule has 0 fully saturated rings. The SMILES string of the molecule is O=C(NCSC/N=C\S(=O)CSCSC(=O)NCSC/N=C\S(=O)CSCSCO)SCSCSCO. The maximum atomic E-state index is 11.9. The summed E-state index contributed by atoms with van der Waals surface area (Å²) in [5.41, 5.74) is 2.79. The van der Waals surface area contributed by atoms with Crippen molar-refractivity contribution in [2.75, 3.05) is 65.9 Å². The van der Waals surface area contributed by atoms with Crippen LogP contribution in [0.25, 0.3) is 0 Å². The molecule has 10 nitrogen and oxygen atoms in total. The Morgan fingerprint density at radius 1 is 0.649 bits per heavy atom. The van der Waals surface area contributed by atoms with Gasteiger partial charge < -0.3 is 20.8 Å². The number of aliphatic hydroxyl groups excluding tert-OH is 2. The summed E-state index contributed by atoms with van der Waals surface area (Å²) in [6.07, 6.45) is 0. The zero-order valence-electron chi connectivity index (χ0n) is 19.6. The van der Waals surface area contributed by atoms with Gasteiger partial charge in [0, 0.05) is 20.3 Å². The molecule has 216 valence electrons. The number of rotatable bonds is 24. The normalized spacial score (nSPS) is 13.2. The molecule has 0 spiro atoms. The highest BCUT2D eigenvalue weighted by Gasteiger charge is 2.04. The lowest BCUT2D eigenvalue weighted by Gasteiger charge is -2.03. The number of aliphatic hydroxyl groups is 2. The van der Waals surface area contributed by atoms with E-state index >= 15 is 0 Å². The summed E-state index contributed by atoms with van der Waals surface area (Å²) in [6, 6.07) is 0. The van der Waals surface area contributed by atoms with Crippen LogP contribution in [0, 0.1) is 0 Å². The first-order valence-electron chi connectivity index (χ1n) is 9.81. The van der Waals surface area contributed by atoms with Crippen molar-refractivity contribution in [3.8, 4) is 0 Å². The molecule has 0 aliphatic carbocycles. The molecule has 0 aliphatic rings. The average Bonchev–Trinajstić information content (AvgIpc) is 2.88. The molecule has 37 heavy (non-hydrogen) atoms. The van der Waals surface area contributed by atoms with Crippen LogP contribution in [0.4, 0.5) is 9.59 Å². The highest BCUT2D eigenvalue weighted by molar-refractivity contribution is 8.27. The summed E-state index contributed by atoms with van der Waals surface area (Å²) in [6.45, 7) is 0. The van der Waals surface area contributed by atoms with Crippen LogP contribution >= 0.6 is 106 Å². The number of hydrogen-bond donors (Lipinski definition) is 4. The van der Waals surface area contributed by atoms with Gasteiger partial charge in [-0.2, -0.15) is 0 Å². The Morgan fingerprint density at radius 2 is 1.08 bits per heavy atom. The molecule has 2 amide bonds. The summed E-state index contributed by atoms with van der Waals surface area (Å²) in [5, 5.41) is 25.8. The number of hydrogen-bond acceptors (Lipinski definition) is 17. The zero-order valence-corrected chi connectivity index (χ0v) is 28.5. The molecule has 0 bridgehead atoms. The molecule has 0 aromatic carbocycles. The van der Waals surface area contributed by atoms with Crippen LogP contribution in [0.2, 0.25) is 0 Å². The third kappa shape index (κ3) is 30.4.